The summed E-state index contributed by atoms with van der Waals surface area (Å²) in [6.07, 6.45) is 11.8. The van der Waals surface area contributed by atoms with Crippen molar-refractivity contribution in [2.24, 2.45) is 0 Å². The number of nitrogens with one attached hydrogen (secondary N) is 1. The van der Waals surface area contributed by atoms with E-state index >= 15 is 0 Å². The molecular formula is C16H33NO. The van der Waals surface area contributed by atoms with Crippen LogP contribution in [0.3, 0.4) is 0 Å². The van der Waals surface area contributed by atoms with E-state index in [0.717, 1.165) is 13.2 Å². The van der Waals surface area contributed by atoms with Crippen LogP contribution in [-0.2, 0) is 4.74 Å². The summed E-state index contributed by atoms with van der Waals surface area (Å²) in [7, 11) is 0. The first kappa shape index (κ1) is 16.0. The zero-order valence-corrected chi connectivity index (χ0v) is 12.8. The lowest BCUT2D eigenvalue weighted by Crippen LogP contribution is -2.43. The Morgan fingerprint density at radius 2 is 1.83 bits per heavy atom. The molecule has 18 heavy (non-hydrogen) atoms. The summed E-state index contributed by atoms with van der Waals surface area (Å²) in [6.45, 7) is 8.77. The predicted molar refractivity (Wildman–Crippen MR) is 79.0 cm³/mol. The monoisotopic (exact) mass is 255 g/mol. The minimum atomic E-state index is 0.243. The van der Waals surface area contributed by atoms with Gasteiger partial charge in [-0.25, -0.2) is 0 Å². The van der Waals surface area contributed by atoms with Crippen LogP contribution in [0.2, 0.25) is 0 Å². The van der Waals surface area contributed by atoms with E-state index in [1.807, 2.05) is 0 Å². The van der Waals surface area contributed by atoms with E-state index < -0.39 is 0 Å². The van der Waals surface area contributed by atoms with Gasteiger partial charge in [0.2, 0.25) is 0 Å². The second-order valence-electron chi connectivity index (χ2n) is 6.16. The lowest BCUT2D eigenvalue weighted by Gasteiger charge is -2.42. The molecule has 0 aromatic carbocycles. The third kappa shape index (κ3) is 6.19. The number of hydrogen-bond donors (Lipinski definition) is 1. The second kappa shape index (κ2) is 8.92. The molecule has 0 heterocycles. The number of ether oxygens (including phenoxy) is 1. The molecule has 2 heteroatoms. The van der Waals surface area contributed by atoms with Gasteiger partial charge in [0.15, 0.2) is 0 Å². The lowest BCUT2D eigenvalue weighted by molar-refractivity contribution is -0.105. The Morgan fingerprint density at radius 1 is 1.11 bits per heavy atom. The summed E-state index contributed by atoms with van der Waals surface area (Å²) in [5.41, 5.74) is 0.243. The molecule has 1 N–H and O–H groups in total. The Kier molecular flexibility index (Phi) is 7.92. The quantitative estimate of drug-likeness (QED) is 0.556. The highest BCUT2D eigenvalue weighted by molar-refractivity contribution is 4.90. The minimum Gasteiger partial charge on any atom is -0.375 e. The van der Waals surface area contributed by atoms with Crippen LogP contribution in [0.15, 0.2) is 0 Å². The molecule has 1 saturated carbocycles. The van der Waals surface area contributed by atoms with Crippen LogP contribution in [0, 0.1) is 0 Å². The zero-order valence-electron chi connectivity index (χ0n) is 12.8. The second-order valence-corrected chi connectivity index (χ2v) is 6.16. The SMILES string of the molecule is CCCCCCCOC1(CCNC(C)C)CCC1. The van der Waals surface area contributed by atoms with Gasteiger partial charge in [-0.2, -0.15) is 0 Å². The molecule has 0 aromatic heterocycles. The molecule has 0 bridgehead atoms. The molecule has 0 radical (unpaired) electrons. The van der Waals surface area contributed by atoms with Gasteiger partial charge in [0, 0.05) is 12.6 Å². The molecule has 0 spiro atoms. The molecule has 0 unspecified atom stereocenters. The fourth-order valence-corrected chi connectivity index (χ4v) is 2.62. The van der Waals surface area contributed by atoms with Crippen molar-refractivity contribution in [2.45, 2.75) is 90.2 Å². The number of unbranched alkanes of at least 4 members (excludes halogenated alkanes) is 4. The Morgan fingerprint density at radius 3 is 2.39 bits per heavy atom. The summed E-state index contributed by atoms with van der Waals surface area (Å²) in [5.74, 6) is 0. The maximum Gasteiger partial charge on any atom is 0.0694 e. The minimum absolute atomic E-state index is 0.243. The molecule has 0 amide bonds. The van der Waals surface area contributed by atoms with E-state index in [9.17, 15) is 0 Å². The topological polar surface area (TPSA) is 21.3 Å². The highest BCUT2D eigenvalue weighted by Gasteiger charge is 2.37. The van der Waals surface area contributed by atoms with Gasteiger partial charge in [-0.15, -0.1) is 0 Å². The zero-order chi connectivity index (χ0) is 13.3. The van der Waals surface area contributed by atoms with E-state index in [2.05, 4.69) is 26.1 Å². The van der Waals surface area contributed by atoms with Gasteiger partial charge in [0.1, 0.15) is 0 Å². The van der Waals surface area contributed by atoms with Crippen molar-refractivity contribution < 1.29 is 4.74 Å². The molecule has 1 aliphatic rings. The smallest absolute Gasteiger partial charge is 0.0694 e. The Labute approximate surface area is 114 Å². The van der Waals surface area contributed by atoms with Crippen LogP contribution in [0.4, 0.5) is 0 Å². The summed E-state index contributed by atoms with van der Waals surface area (Å²) in [6, 6.07) is 0.594. The first-order valence-electron chi connectivity index (χ1n) is 8.06. The molecular weight excluding hydrogens is 222 g/mol. The molecule has 0 atom stereocenters. The van der Waals surface area contributed by atoms with Crippen molar-refractivity contribution in [3.05, 3.63) is 0 Å². The molecule has 1 rings (SSSR count). The van der Waals surface area contributed by atoms with Gasteiger partial charge in [-0.05, 0) is 38.6 Å². The van der Waals surface area contributed by atoms with Gasteiger partial charge in [0.25, 0.3) is 0 Å². The largest absolute Gasteiger partial charge is 0.375 e. The first-order chi connectivity index (χ1) is 8.68. The van der Waals surface area contributed by atoms with Crippen molar-refractivity contribution in [3.8, 4) is 0 Å². The van der Waals surface area contributed by atoms with Crippen molar-refractivity contribution >= 4 is 0 Å². The van der Waals surface area contributed by atoms with Crippen LogP contribution < -0.4 is 5.32 Å². The summed E-state index contributed by atoms with van der Waals surface area (Å²) in [4.78, 5) is 0. The van der Waals surface area contributed by atoms with E-state index in [-0.39, 0.29) is 5.60 Å². The van der Waals surface area contributed by atoms with Crippen molar-refractivity contribution in [2.75, 3.05) is 13.2 Å². The average molecular weight is 255 g/mol. The molecule has 2 nitrogen and oxygen atoms in total. The summed E-state index contributed by atoms with van der Waals surface area (Å²) < 4.78 is 6.19. The Hall–Kier alpha value is -0.0800. The molecule has 0 aliphatic heterocycles. The van der Waals surface area contributed by atoms with Crippen LogP contribution >= 0.6 is 0 Å². The standard InChI is InChI=1S/C16H33NO/c1-4-5-6-7-8-14-18-16(10-9-11-16)12-13-17-15(2)3/h15,17H,4-14H2,1-3H3. The van der Waals surface area contributed by atoms with Gasteiger partial charge < -0.3 is 10.1 Å². The van der Waals surface area contributed by atoms with E-state index in [4.69, 9.17) is 4.74 Å². The lowest BCUT2D eigenvalue weighted by atomic mass is 9.77. The van der Waals surface area contributed by atoms with Crippen molar-refractivity contribution in [3.63, 3.8) is 0 Å². The van der Waals surface area contributed by atoms with Crippen LogP contribution in [0.25, 0.3) is 0 Å². The van der Waals surface area contributed by atoms with Crippen LogP contribution in [0.1, 0.15) is 78.6 Å². The molecule has 0 saturated heterocycles. The average Bonchev–Trinajstić information content (AvgIpc) is 2.28. The van der Waals surface area contributed by atoms with Crippen molar-refractivity contribution in [1.29, 1.82) is 0 Å². The van der Waals surface area contributed by atoms with Gasteiger partial charge in [-0.3, -0.25) is 0 Å². The molecule has 1 fully saturated rings. The van der Waals surface area contributed by atoms with Crippen LogP contribution in [-0.4, -0.2) is 24.8 Å². The van der Waals surface area contributed by atoms with E-state index in [0.29, 0.717) is 6.04 Å². The third-order valence-electron chi connectivity index (χ3n) is 4.05. The van der Waals surface area contributed by atoms with E-state index in [1.54, 1.807) is 0 Å². The predicted octanol–water partition coefficient (Wildman–Crippen LogP) is 4.28. The number of hydrogen-bond acceptors (Lipinski definition) is 2. The maximum absolute atomic E-state index is 6.19. The third-order valence-corrected chi connectivity index (χ3v) is 4.05. The van der Waals surface area contributed by atoms with Gasteiger partial charge >= 0.3 is 0 Å². The van der Waals surface area contributed by atoms with Crippen LogP contribution in [0.5, 0.6) is 0 Å². The fraction of sp³-hybridized carbons (Fsp3) is 1.00. The highest BCUT2D eigenvalue weighted by atomic mass is 16.5. The number of rotatable bonds is 11. The van der Waals surface area contributed by atoms with E-state index in [1.165, 1.54) is 57.8 Å². The normalized spacial score (nSPS) is 18.0. The highest BCUT2D eigenvalue weighted by Crippen LogP contribution is 2.38. The molecule has 108 valence electrons. The summed E-state index contributed by atoms with van der Waals surface area (Å²) >= 11 is 0. The molecule has 1 aliphatic carbocycles. The van der Waals surface area contributed by atoms with Gasteiger partial charge in [0.05, 0.1) is 5.60 Å². The first-order valence-corrected chi connectivity index (χ1v) is 8.06. The summed E-state index contributed by atoms with van der Waals surface area (Å²) in [5, 5.41) is 3.51. The Balaban J connectivity index is 2.05. The maximum atomic E-state index is 6.19. The van der Waals surface area contributed by atoms with Crippen molar-refractivity contribution in [1.82, 2.24) is 5.32 Å². The van der Waals surface area contributed by atoms with Gasteiger partial charge in [-0.1, -0.05) is 46.5 Å². The Bertz CT molecular complexity index is 199. The molecule has 0 aromatic rings. The fourth-order valence-electron chi connectivity index (χ4n) is 2.62.